The van der Waals surface area contributed by atoms with E-state index in [0.29, 0.717) is 0 Å². The molecule has 1 saturated heterocycles. The second-order valence-electron chi connectivity index (χ2n) is 6.23. The minimum absolute atomic E-state index is 0.741. The molecule has 1 N–H and O–H groups in total. The first-order chi connectivity index (χ1) is 9.30. The van der Waals surface area contributed by atoms with Crippen molar-refractivity contribution in [1.29, 1.82) is 0 Å². The Bertz CT molecular complexity index is 205. The van der Waals surface area contributed by atoms with E-state index in [4.69, 9.17) is 0 Å². The van der Waals surface area contributed by atoms with Crippen LogP contribution < -0.4 is 5.32 Å². The van der Waals surface area contributed by atoms with Crippen molar-refractivity contribution < 1.29 is 0 Å². The molecular formula is C17H36N2. The predicted molar refractivity (Wildman–Crippen MR) is 85.7 cm³/mol. The molecule has 0 radical (unpaired) electrons. The van der Waals surface area contributed by atoms with Gasteiger partial charge >= 0.3 is 0 Å². The van der Waals surface area contributed by atoms with Crippen molar-refractivity contribution in [2.45, 2.75) is 78.2 Å². The summed E-state index contributed by atoms with van der Waals surface area (Å²) in [4.78, 5) is 2.72. The summed E-state index contributed by atoms with van der Waals surface area (Å²) in [6, 6.07) is 0.741. The third kappa shape index (κ3) is 7.31. The minimum Gasteiger partial charge on any atom is -0.314 e. The number of hydrogen-bond donors (Lipinski definition) is 1. The first-order valence-electron chi connectivity index (χ1n) is 8.75. The molecule has 0 saturated carbocycles. The Balaban J connectivity index is 2.15. The molecule has 0 aromatic rings. The van der Waals surface area contributed by atoms with Crippen molar-refractivity contribution >= 4 is 0 Å². The summed E-state index contributed by atoms with van der Waals surface area (Å²) in [6.07, 6.45) is 11.1. The summed E-state index contributed by atoms with van der Waals surface area (Å²) < 4.78 is 0. The van der Waals surface area contributed by atoms with Crippen molar-refractivity contribution in [3.8, 4) is 0 Å². The van der Waals surface area contributed by atoms with Crippen LogP contribution >= 0.6 is 0 Å². The van der Waals surface area contributed by atoms with Crippen molar-refractivity contribution in [2.24, 2.45) is 5.92 Å². The number of nitrogens with zero attached hydrogens (tertiary/aromatic N) is 1. The van der Waals surface area contributed by atoms with E-state index in [-0.39, 0.29) is 0 Å². The zero-order chi connectivity index (χ0) is 13.9. The van der Waals surface area contributed by atoms with Crippen molar-refractivity contribution in [2.75, 3.05) is 26.2 Å². The van der Waals surface area contributed by atoms with Gasteiger partial charge < -0.3 is 10.2 Å². The van der Waals surface area contributed by atoms with E-state index < -0.39 is 0 Å². The molecule has 0 aliphatic carbocycles. The lowest BCUT2D eigenvalue weighted by Gasteiger charge is -2.22. The maximum Gasteiger partial charge on any atom is 0.00647 e. The topological polar surface area (TPSA) is 15.3 Å². The maximum absolute atomic E-state index is 3.59. The molecule has 2 atom stereocenters. The molecule has 1 fully saturated rings. The Morgan fingerprint density at radius 1 is 1.16 bits per heavy atom. The fraction of sp³-hybridized carbons (Fsp3) is 1.00. The van der Waals surface area contributed by atoms with E-state index in [1.807, 2.05) is 0 Å². The first-order valence-corrected chi connectivity index (χ1v) is 8.75. The first kappa shape index (κ1) is 17.0. The average Bonchev–Trinajstić information content (AvgIpc) is 2.64. The van der Waals surface area contributed by atoms with Crippen molar-refractivity contribution in [3.05, 3.63) is 0 Å². The lowest BCUT2D eigenvalue weighted by molar-refractivity contribution is 0.267. The normalized spacial score (nSPS) is 23.2. The zero-order valence-corrected chi connectivity index (χ0v) is 13.6. The fourth-order valence-corrected chi connectivity index (χ4v) is 3.45. The Morgan fingerprint density at radius 3 is 2.68 bits per heavy atom. The molecule has 1 heterocycles. The number of hydrogen-bond acceptors (Lipinski definition) is 2. The molecule has 2 unspecified atom stereocenters. The highest BCUT2D eigenvalue weighted by atomic mass is 15.1. The van der Waals surface area contributed by atoms with Gasteiger partial charge in [-0.1, -0.05) is 33.6 Å². The Labute approximate surface area is 121 Å². The highest BCUT2D eigenvalue weighted by Gasteiger charge is 2.16. The highest BCUT2D eigenvalue weighted by molar-refractivity contribution is 4.71. The van der Waals surface area contributed by atoms with Gasteiger partial charge in [-0.15, -0.1) is 0 Å². The number of nitrogens with one attached hydrogen (secondary N) is 1. The third-order valence-corrected chi connectivity index (χ3v) is 4.65. The smallest absolute Gasteiger partial charge is 0.00647 e. The molecule has 114 valence electrons. The molecule has 0 aromatic heterocycles. The van der Waals surface area contributed by atoms with Gasteiger partial charge in [0.2, 0.25) is 0 Å². The van der Waals surface area contributed by atoms with Crippen LogP contribution in [0, 0.1) is 5.92 Å². The molecule has 19 heavy (non-hydrogen) atoms. The standard InChI is InChI=1S/C17H36N2/c1-4-9-16-10-7-13-19(15-12-16)14-8-11-17(5-2)18-6-3/h16-18H,4-15H2,1-3H3. The summed E-state index contributed by atoms with van der Waals surface area (Å²) in [7, 11) is 0. The van der Waals surface area contributed by atoms with Gasteiger partial charge in [0.15, 0.2) is 0 Å². The van der Waals surface area contributed by atoms with Crippen LogP contribution in [-0.2, 0) is 0 Å². The van der Waals surface area contributed by atoms with Gasteiger partial charge in [-0.05, 0) is 70.6 Å². The maximum atomic E-state index is 3.59. The fourth-order valence-electron chi connectivity index (χ4n) is 3.45. The van der Waals surface area contributed by atoms with Crippen LogP contribution in [0.4, 0.5) is 0 Å². The van der Waals surface area contributed by atoms with Crippen LogP contribution in [0.3, 0.4) is 0 Å². The molecule has 0 amide bonds. The summed E-state index contributed by atoms with van der Waals surface area (Å²) in [6.45, 7) is 12.0. The summed E-state index contributed by atoms with van der Waals surface area (Å²) in [5.41, 5.74) is 0. The molecular weight excluding hydrogens is 232 g/mol. The van der Waals surface area contributed by atoms with Gasteiger partial charge in [0.1, 0.15) is 0 Å². The quantitative estimate of drug-likeness (QED) is 0.678. The van der Waals surface area contributed by atoms with Crippen LogP contribution in [0.15, 0.2) is 0 Å². The van der Waals surface area contributed by atoms with Crippen LogP contribution in [0.2, 0.25) is 0 Å². The second-order valence-corrected chi connectivity index (χ2v) is 6.23. The van der Waals surface area contributed by atoms with E-state index in [0.717, 1.165) is 18.5 Å². The van der Waals surface area contributed by atoms with Gasteiger partial charge in [0, 0.05) is 6.04 Å². The van der Waals surface area contributed by atoms with Crippen molar-refractivity contribution in [3.63, 3.8) is 0 Å². The van der Waals surface area contributed by atoms with Crippen LogP contribution in [0.5, 0.6) is 0 Å². The zero-order valence-electron chi connectivity index (χ0n) is 13.6. The molecule has 2 nitrogen and oxygen atoms in total. The Kier molecular flexibility index (Phi) is 9.54. The third-order valence-electron chi connectivity index (χ3n) is 4.65. The molecule has 1 aliphatic heterocycles. The van der Waals surface area contributed by atoms with E-state index in [9.17, 15) is 0 Å². The Hall–Kier alpha value is -0.0800. The van der Waals surface area contributed by atoms with Gasteiger partial charge in [0.05, 0.1) is 0 Å². The average molecular weight is 268 g/mol. The molecule has 0 spiro atoms. The van der Waals surface area contributed by atoms with Crippen LogP contribution in [0.25, 0.3) is 0 Å². The number of rotatable bonds is 9. The molecule has 1 rings (SSSR count). The van der Waals surface area contributed by atoms with E-state index in [2.05, 4.69) is 31.0 Å². The largest absolute Gasteiger partial charge is 0.314 e. The van der Waals surface area contributed by atoms with Gasteiger partial charge in [-0.2, -0.15) is 0 Å². The SMILES string of the molecule is CCCC1CCCN(CCCC(CC)NCC)CC1. The summed E-state index contributed by atoms with van der Waals surface area (Å²) in [5, 5.41) is 3.59. The summed E-state index contributed by atoms with van der Waals surface area (Å²) in [5.74, 6) is 1.01. The lowest BCUT2D eigenvalue weighted by atomic mass is 9.96. The lowest BCUT2D eigenvalue weighted by Crippen LogP contribution is -2.31. The van der Waals surface area contributed by atoms with E-state index in [1.54, 1.807) is 0 Å². The van der Waals surface area contributed by atoms with Crippen LogP contribution in [-0.4, -0.2) is 37.1 Å². The van der Waals surface area contributed by atoms with Crippen molar-refractivity contribution in [1.82, 2.24) is 10.2 Å². The summed E-state index contributed by atoms with van der Waals surface area (Å²) >= 11 is 0. The molecule has 0 aromatic carbocycles. The second kappa shape index (κ2) is 10.7. The predicted octanol–water partition coefficient (Wildman–Crippen LogP) is 4.06. The van der Waals surface area contributed by atoms with Gasteiger partial charge in [-0.25, -0.2) is 0 Å². The molecule has 2 heteroatoms. The monoisotopic (exact) mass is 268 g/mol. The molecule has 0 bridgehead atoms. The minimum atomic E-state index is 0.741. The van der Waals surface area contributed by atoms with Crippen LogP contribution in [0.1, 0.15) is 72.1 Å². The Morgan fingerprint density at radius 2 is 2.00 bits per heavy atom. The van der Waals surface area contributed by atoms with E-state index >= 15 is 0 Å². The van der Waals surface area contributed by atoms with Gasteiger partial charge in [-0.3, -0.25) is 0 Å². The van der Waals surface area contributed by atoms with E-state index in [1.165, 1.54) is 71.0 Å². The van der Waals surface area contributed by atoms with Gasteiger partial charge in [0.25, 0.3) is 0 Å². The highest BCUT2D eigenvalue weighted by Crippen LogP contribution is 2.22. The number of likely N-dealkylation sites (tertiary alicyclic amines) is 1. The molecule has 1 aliphatic rings.